The lowest BCUT2D eigenvalue weighted by Gasteiger charge is -2.32. The van der Waals surface area contributed by atoms with Gasteiger partial charge in [-0.1, -0.05) is 27.7 Å². The van der Waals surface area contributed by atoms with Crippen molar-refractivity contribution in [2.75, 3.05) is 7.05 Å². The standard InChI is InChI=1S/C18H29N3O2/c1-12(2)16(14(5)22)20-18(23)17(13(3)4)21(6)11-15-7-9-19-10-8-15/h7-10,12-13,16-17H,11H2,1-6H3,(H,20,23). The van der Waals surface area contributed by atoms with Gasteiger partial charge in [-0.15, -0.1) is 0 Å². The molecule has 0 aliphatic heterocycles. The summed E-state index contributed by atoms with van der Waals surface area (Å²) in [6, 6.07) is 3.16. The van der Waals surface area contributed by atoms with Gasteiger partial charge in [0.15, 0.2) is 5.78 Å². The van der Waals surface area contributed by atoms with Crippen LogP contribution in [0, 0.1) is 11.8 Å². The molecule has 5 heteroatoms. The minimum absolute atomic E-state index is 0.00681. The first kappa shape index (κ1) is 19.3. The molecule has 0 aliphatic rings. The summed E-state index contributed by atoms with van der Waals surface area (Å²) in [5, 5.41) is 2.92. The second-order valence-electron chi connectivity index (χ2n) is 6.80. The molecule has 1 amide bonds. The highest BCUT2D eigenvalue weighted by Crippen LogP contribution is 2.14. The van der Waals surface area contributed by atoms with Crippen LogP contribution in [0.15, 0.2) is 24.5 Å². The summed E-state index contributed by atoms with van der Waals surface area (Å²) < 4.78 is 0. The molecule has 5 nitrogen and oxygen atoms in total. The van der Waals surface area contributed by atoms with E-state index in [9.17, 15) is 9.59 Å². The molecular formula is C18H29N3O2. The largest absolute Gasteiger partial charge is 0.345 e. The third-order valence-electron chi connectivity index (χ3n) is 3.96. The smallest absolute Gasteiger partial charge is 0.238 e. The van der Waals surface area contributed by atoms with Crippen molar-refractivity contribution in [3.8, 4) is 0 Å². The Morgan fingerprint density at radius 2 is 1.70 bits per heavy atom. The lowest BCUT2D eigenvalue weighted by atomic mass is 9.97. The number of hydrogen-bond donors (Lipinski definition) is 1. The number of Topliss-reactive ketones (excluding diaryl/α,β-unsaturated/α-hetero) is 1. The van der Waals surface area contributed by atoms with E-state index in [4.69, 9.17) is 0 Å². The zero-order chi connectivity index (χ0) is 17.6. The molecule has 1 N–H and O–H groups in total. The summed E-state index contributed by atoms with van der Waals surface area (Å²) >= 11 is 0. The Bertz CT molecular complexity index is 514. The van der Waals surface area contributed by atoms with Crippen molar-refractivity contribution >= 4 is 11.7 Å². The lowest BCUT2D eigenvalue weighted by molar-refractivity contribution is -0.132. The zero-order valence-corrected chi connectivity index (χ0v) is 15.0. The Morgan fingerprint density at radius 3 is 2.13 bits per heavy atom. The number of amides is 1. The summed E-state index contributed by atoms with van der Waals surface area (Å²) in [4.78, 5) is 30.5. The van der Waals surface area contributed by atoms with Gasteiger partial charge < -0.3 is 5.32 Å². The normalized spacial score (nSPS) is 14.1. The monoisotopic (exact) mass is 319 g/mol. The number of nitrogens with zero attached hydrogens (tertiary/aromatic N) is 2. The van der Waals surface area contributed by atoms with Crippen molar-refractivity contribution in [1.29, 1.82) is 0 Å². The van der Waals surface area contributed by atoms with Crippen LogP contribution in [0.3, 0.4) is 0 Å². The van der Waals surface area contributed by atoms with E-state index in [0.29, 0.717) is 6.54 Å². The summed E-state index contributed by atoms with van der Waals surface area (Å²) in [7, 11) is 1.93. The molecule has 1 heterocycles. The first-order chi connectivity index (χ1) is 10.7. The molecule has 128 valence electrons. The Kier molecular flexibility index (Phi) is 7.36. The highest BCUT2D eigenvalue weighted by Gasteiger charge is 2.30. The number of aromatic nitrogens is 1. The Morgan fingerprint density at radius 1 is 1.13 bits per heavy atom. The predicted octanol–water partition coefficient (Wildman–Crippen LogP) is 2.27. The number of likely N-dealkylation sites (N-methyl/N-ethyl adjacent to an activating group) is 1. The van der Waals surface area contributed by atoms with Crippen LogP contribution >= 0.6 is 0 Å². The zero-order valence-electron chi connectivity index (χ0n) is 15.0. The van der Waals surface area contributed by atoms with Crippen molar-refractivity contribution in [2.24, 2.45) is 11.8 Å². The van der Waals surface area contributed by atoms with Crippen LogP contribution in [0.5, 0.6) is 0 Å². The Hall–Kier alpha value is -1.75. The molecule has 2 unspecified atom stereocenters. The molecule has 1 aromatic heterocycles. The molecular weight excluding hydrogens is 290 g/mol. The molecule has 2 atom stereocenters. The van der Waals surface area contributed by atoms with Crippen LogP contribution in [0.25, 0.3) is 0 Å². The predicted molar refractivity (Wildman–Crippen MR) is 91.8 cm³/mol. The van der Waals surface area contributed by atoms with Crippen LogP contribution in [-0.4, -0.2) is 40.7 Å². The third kappa shape index (κ3) is 5.75. The number of hydrogen-bond acceptors (Lipinski definition) is 4. The van der Waals surface area contributed by atoms with E-state index in [1.807, 2.05) is 51.8 Å². The van der Waals surface area contributed by atoms with E-state index in [1.165, 1.54) is 6.92 Å². The Balaban J connectivity index is 2.84. The molecule has 0 aromatic carbocycles. The van der Waals surface area contributed by atoms with Gasteiger partial charge in [-0.25, -0.2) is 0 Å². The maximum atomic E-state index is 12.7. The molecule has 23 heavy (non-hydrogen) atoms. The number of rotatable bonds is 8. The molecule has 0 spiro atoms. The average molecular weight is 319 g/mol. The van der Waals surface area contributed by atoms with Crippen molar-refractivity contribution in [3.63, 3.8) is 0 Å². The van der Waals surface area contributed by atoms with E-state index >= 15 is 0 Å². The molecule has 0 aliphatic carbocycles. The van der Waals surface area contributed by atoms with Gasteiger partial charge in [0.25, 0.3) is 0 Å². The Labute approximate surface area is 139 Å². The van der Waals surface area contributed by atoms with Crippen LogP contribution in [0.4, 0.5) is 0 Å². The van der Waals surface area contributed by atoms with Gasteiger partial charge >= 0.3 is 0 Å². The maximum absolute atomic E-state index is 12.7. The number of ketones is 1. The van der Waals surface area contributed by atoms with Gasteiger partial charge in [0, 0.05) is 18.9 Å². The van der Waals surface area contributed by atoms with Crippen LogP contribution in [0.1, 0.15) is 40.2 Å². The van der Waals surface area contributed by atoms with Gasteiger partial charge in [-0.2, -0.15) is 0 Å². The van der Waals surface area contributed by atoms with Gasteiger partial charge in [-0.3, -0.25) is 19.5 Å². The van der Waals surface area contributed by atoms with Crippen molar-refractivity contribution in [1.82, 2.24) is 15.2 Å². The van der Waals surface area contributed by atoms with E-state index < -0.39 is 6.04 Å². The number of pyridine rings is 1. The first-order valence-corrected chi connectivity index (χ1v) is 8.14. The molecule has 0 saturated carbocycles. The highest BCUT2D eigenvalue weighted by atomic mass is 16.2. The second kappa shape index (κ2) is 8.77. The minimum Gasteiger partial charge on any atom is -0.345 e. The SMILES string of the molecule is CC(=O)C(NC(=O)C(C(C)C)N(C)Cc1ccncc1)C(C)C. The quantitative estimate of drug-likeness (QED) is 0.798. The summed E-state index contributed by atoms with van der Waals surface area (Å²) in [5.41, 5.74) is 1.10. The number of carbonyl (C=O) groups is 2. The number of nitrogens with one attached hydrogen (secondary N) is 1. The van der Waals surface area contributed by atoms with E-state index in [2.05, 4.69) is 10.3 Å². The molecule has 1 aromatic rings. The van der Waals surface area contributed by atoms with Gasteiger partial charge in [0.05, 0.1) is 12.1 Å². The summed E-state index contributed by atoms with van der Waals surface area (Å²) in [6.45, 7) is 10.1. The molecule has 1 rings (SSSR count). The van der Waals surface area contributed by atoms with Crippen molar-refractivity contribution in [2.45, 2.75) is 53.2 Å². The van der Waals surface area contributed by atoms with E-state index in [-0.39, 0.29) is 29.6 Å². The molecule has 0 bridgehead atoms. The van der Waals surface area contributed by atoms with Crippen LogP contribution in [-0.2, 0) is 16.1 Å². The van der Waals surface area contributed by atoms with Crippen LogP contribution in [0.2, 0.25) is 0 Å². The average Bonchev–Trinajstić information content (AvgIpc) is 2.44. The third-order valence-corrected chi connectivity index (χ3v) is 3.96. The van der Waals surface area contributed by atoms with Gasteiger partial charge in [0.2, 0.25) is 5.91 Å². The van der Waals surface area contributed by atoms with Crippen molar-refractivity contribution in [3.05, 3.63) is 30.1 Å². The van der Waals surface area contributed by atoms with E-state index in [1.54, 1.807) is 12.4 Å². The first-order valence-electron chi connectivity index (χ1n) is 8.14. The second-order valence-corrected chi connectivity index (χ2v) is 6.80. The van der Waals surface area contributed by atoms with Gasteiger partial charge in [-0.05, 0) is 43.5 Å². The fourth-order valence-corrected chi connectivity index (χ4v) is 2.86. The topological polar surface area (TPSA) is 62.3 Å². The minimum atomic E-state index is -0.432. The van der Waals surface area contributed by atoms with Crippen molar-refractivity contribution < 1.29 is 9.59 Å². The summed E-state index contributed by atoms with van der Waals surface area (Å²) in [6.07, 6.45) is 3.50. The fourth-order valence-electron chi connectivity index (χ4n) is 2.86. The lowest BCUT2D eigenvalue weighted by Crippen LogP contribution is -2.53. The van der Waals surface area contributed by atoms with Crippen LogP contribution < -0.4 is 5.32 Å². The van der Waals surface area contributed by atoms with E-state index in [0.717, 1.165) is 5.56 Å². The maximum Gasteiger partial charge on any atom is 0.238 e. The summed E-state index contributed by atoms with van der Waals surface area (Å²) in [5.74, 6) is 0.120. The fraction of sp³-hybridized carbons (Fsp3) is 0.611. The highest BCUT2D eigenvalue weighted by molar-refractivity contribution is 5.89. The molecule has 0 saturated heterocycles. The molecule has 0 radical (unpaired) electrons. The molecule has 0 fully saturated rings. The van der Waals surface area contributed by atoms with Gasteiger partial charge in [0.1, 0.15) is 0 Å². The number of carbonyl (C=O) groups excluding carboxylic acids is 2.